The van der Waals surface area contributed by atoms with E-state index in [0.717, 1.165) is 5.56 Å². The summed E-state index contributed by atoms with van der Waals surface area (Å²) in [5, 5.41) is 13.2. The van der Waals surface area contributed by atoms with E-state index in [1.807, 2.05) is 6.07 Å². The fraction of sp³-hybridized carbons (Fsp3) is 0.0500. The largest absolute Gasteiger partial charge is 0.449 e. The number of rotatable bonds is 5. The summed E-state index contributed by atoms with van der Waals surface area (Å²) in [6.07, 6.45) is 2.84. The molecule has 4 aromatic rings. The molecule has 0 radical (unpaired) electrons. The number of nitrogens with one attached hydrogen (secondary N) is 1. The number of para-hydroxylation sites is 2. The molecule has 2 aromatic carbocycles. The van der Waals surface area contributed by atoms with Crippen LogP contribution in [-0.4, -0.2) is 23.2 Å². The number of aromatic nitrogens is 3. The molecule has 0 amide bonds. The third kappa shape index (κ3) is 3.49. The Morgan fingerprint density at radius 3 is 2.53 bits per heavy atom. The highest BCUT2D eigenvalue weighted by atomic mass is 32.2. The first-order chi connectivity index (χ1) is 14.4. The number of hydrogen-bond donors (Lipinski definition) is 2. The molecule has 0 aliphatic carbocycles. The smallest absolute Gasteiger partial charge is 0.261 e. The van der Waals surface area contributed by atoms with Gasteiger partial charge in [-0.2, -0.15) is 10.4 Å². The van der Waals surface area contributed by atoms with Gasteiger partial charge in [0, 0.05) is 12.5 Å². The number of sulfonamides is 1. The fourth-order valence-electron chi connectivity index (χ4n) is 2.89. The lowest BCUT2D eigenvalue weighted by molar-refractivity contribution is 0.521. The molecule has 2 heterocycles. The van der Waals surface area contributed by atoms with Gasteiger partial charge >= 0.3 is 0 Å². The van der Waals surface area contributed by atoms with Gasteiger partial charge in [0.2, 0.25) is 0 Å². The van der Waals surface area contributed by atoms with E-state index in [9.17, 15) is 8.42 Å². The zero-order chi connectivity index (χ0) is 21.3. The van der Waals surface area contributed by atoms with E-state index in [-0.39, 0.29) is 22.0 Å². The zero-order valence-electron chi connectivity index (χ0n) is 15.8. The Morgan fingerprint density at radius 2 is 1.90 bits per heavy atom. The normalized spacial score (nSPS) is 11.2. The first-order valence-corrected chi connectivity index (χ1v) is 10.3. The maximum absolute atomic E-state index is 12.9. The van der Waals surface area contributed by atoms with Crippen LogP contribution >= 0.6 is 0 Å². The van der Waals surface area contributed by atoms with E-state index in [1.165, 1.54) is 29.3 Å². The van der Waals surface area contributed by atoms with Crippen molar-refractivity contribution in [2.45, 2.75) is 11.8 Å². The maximum Gasteiger partial charge on any atom is 0.261 e. The van der Waals surface area contributed by atoms with Crippen LogP contribution in [0.3, 0.4) is 0 Å². The summed E-state index contributed by atoms with van der Waals surface area (Å²) < 4.78 is 34.9. The van der Waals surface area contributed by atoms with Crippen LogP contribution in [0.15, 0.2) is 70.3 Å². The molecule has 0 spiro atoms. The molecular formula is C20H16N6O3S. The number of nitriles is 1. The Kier molecular flexibility index (Phi) is 4.73. The van der Waals surface area contributed by atoms with Crippen molar-refractivity contribution in [3.63, 3.8) is 0 Å². The van der Waals surface area contributed by atoms with Gasteiger partial charge in [-0.3, -0.25) is 4.72 Å². The monoisotopic (exact) mass is 420 g/mol. The van der Waals surface area contributed by atoms with E-state index in [0.29, 0.717) is 17.3 Å². The predicted molar refractivity (Wildman–Crippen MR) is 110 cm³/mol. The van der Waals surface area contributed by atoms with Crippen molar-refractivity contribution in [2.24, 2.45) is 0 Å². The van der Waals surface area contributed by atoms with Gasteiger partial charge in [-0.05, 0) is 24.3 Å². The summed E-state index contributed by atoms with van der Waals surface area (Å²) in [6.45, 7) is 1.73. The van der Waals surface area contributed by atoms with Crippen molar-refractivity contribution in [3.8, 4) is 23.0 Å². The highest BCUT2D eigenvalue weighted by Crippen LogP contribution is 2.27. The lowest BCUT2D eigenvalue weighted by Crippen LogP contribution is -2.15. The van der Waals surface area contributed by atoms with Gasteiger partial charge in [0.15, 0.2) is 5.89 Å². The van der Waals surface area contributed by atoms with Gasteiger partial charge < -0.3 is 10.2 Å². The Hall–Kier alpha value is -4.10. The van der Waals surface area contributed by atoms with E-state index in [2.05, 4.69) is 14.8 Å². The minimum absolute atomic E-state index is 0.0763. The van der Waals surface area contributed by atoms with Crippen LogP contribution in [0.1, 0.15) is 11.5 Å². The van der Waals surface area contributed by atoms with Gasteiger partial charge in [0.1, 0.15) is 29.4 Å². The van der Waals surface area contributed by atoms with Gasteiger partial charge in [-0.25, -0.2) is 18.1 Å². The Morgan fingerprint density at radius 1 is 1.17 bits per heavy atom. The molecule has 0 saturated heterocycles. The third-order valence-electron chi connectivity index (χ3n) is 4.38. The molecule has 0 saturated carbocycles. The van der Waals surface area contributed by atoms with Crippen LogP contribution in [0.4, 0.5) is 11.5 Å². The molecule has 0 fully saturated rings. The van der Waals surface area contributed by atoms with Gasteiger partial charge in [0.05, 0.1) is 22.5 Å². The zero-order valence-corrected chi connectivity index (χ0v) is 16.6. The molecule has 150 valence electrons. The second-order valence-corrected chi connectivity index (χ2v) is 8.05. The minimum atomic E-state index is -3.89. The van der Waals surface area contributed by atoms with Gasteiger partial charge in [0.25, 0.3) is 10.0 Å². The van der Waals surface area contributed by atoms with Crippen molar-refractivity contribution in [2.75, 3.05) is 10.5 Å². The lowest BCUT2D eigenvalue weighted by Gasteiger charge is -2.13. The average Bonchev–Trinajstić information content (AvgIpc) is 3.34. The van der Waals surface area contributed by atoms with Crippen LogP contribution in [-0.2, 0) is 10.0 Å². The van der Waals surface area contributed by atoms with Crippen LogP contribution in [0.5, 0.6) is 0 Å². The van der Waals surface area contributed by atoms with E-state index in [1.54, 1.807) is 43.3 Å². The molecule has 30 heavy (non-hydrogen) atoms. The molecule has 0 atom stereocenters. The Labute approximate surface area is 172 Å². The molecule has 9 nitrogen and oxygen atoms in total. The highest BCUT2D eigenvalue weighted by Gasteiger charge is 2.19. The fourth-order valence-corrected chi connectivity index (χ4v) is 3.96. The van der Waals surface area contributed by atoms with Gasteiger partial charge in [-0.1, -0.05) is 24.3 Å². The minimum Gasteiger partial charge on any atom is -0.449 e. The number of nitrogen functional groups attached to an aromatic ring is 1. The van der Waals surface area contributed by atoms with Crippen LogP contribution in [0, 0.1) is 18.3 Å². The van der Waals surface area contributed by atoms with Crippen molar-refractivity contribution >= 4 is 21.5 Å². The van der Waals surface area contributed by atoms with Crippen LogP contribution in [0.25, 0.3) is 16.9 Å². The quantitative estimate of drug-likeness (QED) is 0.505. The number of nitrogens with two attached hydrogens (primary N) is 1. The number of hydrogen-bond acceptors (Lipinski definition) is 7. The predicted octanol–water partition coefficient (Wildman–Crippen LogP) is 3.09. The molecule has 0 aliphatic rings. The van der Waals surface area contributed by atoms with Crippen molar-refractivity contribution in [1.82, 2.24) is 14.8 Å². The number of aryl methyl sites for hydroxylation is 1. The molecule has 4 rings (SSSR count). The number of oxazole rings is 1. The molecule has 0 bridgehead atoms. The van der Waals surface area contributed by atoms with E-state index < -0.39 is 10.0 Å². The van der Waals surface area contributed by atoms with E-state index in [4.69, 9.17) is 15.4 Å². The van der Waals surface area contributed by atoms with Crippen LogP contribution < -0.4 is 10.5 Å². The summed E-state index contributed by atoms with van der Waals surface area (Å²) in [6, 6.07) is 14.9. The topological polar surface area (TPSA) is 140 Å². The SMILES string of the molecule is Cc1nc(-c2ccc(S(=O)(=O)Nc3ccccc3-n3ncc(C#N)c3N)cc2)co1. The average molecular weight is 420 g/mol. The van der Waals surface area contributed by atoms with Gasteiger partial charge in [-0.15, -0.1) is 0 Å². The summed E-state index contributed by atoms with van der Waals surface area (Å²) in [4.78, 5) is 4.30. The molecule has 0 unspecified atom stereocenters. The first-order valence-electron chi connectivity index (χ1n) is 8.77. The Bertz CT molecular complexity index is 1360. The highest BCUT2D eigenvalue weighted by molar-refractivity contribution is 7.92. The van der Waals surface area contributed by atoms with Crippen molar-refractivity contribution < 1.29 is 12.8 Å². The molecule has 10 heteroatoms. The first kappa shape index (κ1) is 19.2. The second kappa shape index (κ2) is 7.38. The maximum atomic E-state index is 12.9. The standard InChI is InChI=1S/C20H16N6O3S/c1-13-24-18(12-29-13)14-6-8-16(9-7-14)30(27,28)25-17-4-2-3-5-19(17)26-20(22)15(10-21)11-23-26/h2-9,11-12,25H,22H2,1H3. The Balaban J connectivity index is 1.66. The molecular weight excluding hydrogens is 404 g/mol. The number of anilines is 2. The number of nitrogens with zero attached hydrogens (tertiary/aromatic N) is 4. The van der Waals surface area contributed by atoms with Crippen molar-refractivity contribution in [1.29, 1.82) is 5.26 Å². The number of benzene rings is 2. The molecule has 0 aliphatic heterocycles. The summed E-state index contributed by atoms with van der Waals surface area (Å²) >= 11 is 0. The van der Waals surface area contributed by atoms with E-state index >= 15 is 0 Å². The van der Waals surface area contributed by atoms with Crippen LogP contribution in [0.2, 0.25) is 0 Å². The summed E-state index contributed by atoms with van der Waals surface area (Å²) in [5.74, 6) is 0.647. The second-order valence-electron chi connectivity index (χ2n) is 6.37. The summed E-state index contributed by atoms with van der Waals surface area (Å²) in [7, 11) is -3.89. The molecule has 3 N–H and O–H groups in total. The summed E-state index contributed by atoms with van der Waals surface area (Å²) in [5.41, 5.74) is 8.18. The van der Waals surface area contributed by atoms with Crippen molar-refractivity contribution in [3.05, 3.63) is 72.4 Å². The third-order valence-corrected chi connectivity index (χ3v) is 5.76. The lowest BCUT2D eigenvalue weighted by atomic mass is 10.2. The molecule has 2 aromatic heterocycles.